The normalized spacial score (nSPS) is 18.8. The third-order valence-corrected chi connectivity index (χ3v) is 4.97. The van der Waals surface area contributed by atoms with E-state index in [1.807, 2.05) is 23.6 Å². The first-order chi connectivity index (χ1) is 11.8. The van der Waals surface area contributed by atoms with Gasteiger partial charge in [-0.25, -0.2) is 4.98 Å². The Kier molecular flexibility index (Phi) is 4.33. The minimum absolute atomic E-state index is 0.163. The highest BCUT2D eigenvalue weighted by Gasteiger charge is 2.25. The molecule has 0 saturated carbocycles. The molecule has 0 aromatic carbocycles. The fraction of sp³-hybridized carbons (Fsp3) is 0.375. The van der Waals surface area contributed by atoms with Crippen molar-refractivity contribution < 1.29 is 4.52 Å². The van der Waals surface area contributed by atoms with Crippen LogP contribution in [0.25, 0.3) is 10.7 Å². The summed E-state index contributed by atoms with van der Waals surface area (Å²) in [5.41, 5.74) is 1.81. The van der Waals surface area contributed by atoms with Gasteiger partial charge >= 0.3 is 0 Å². The number of aromatic nitrogens is 4. The number of likely N-dealkylation sites (N-methyl/N-ethyl adjacent to an activating group) is 1. The van der Waals surface area contributed by atoms with Gasteiger partial charge in [0, 0.05) is 31.2 Å². The number of pyridine rings is 1. The molecule has 124 valence electrons. The predicted octanol–water partition coefficient (Wildman–Crippen LogP) is 1.75. The Hall–Kier alpha value is -2.16. The van der Waals surface area contributed by atoms with Crippen LogP contribution in [-0.2, 0) is 6.42 Å². The largest absolute Gasteiger partial charge is 0.339 e. The van der Waals surface area contributed by atoms with E-state index >= 15 is 0 Å². The van der Waals surface area contributed by atoms with E-state index in [1.54, 1.807) is 17.5 Å². The van der Waals surface area contributed by atoms with Crippen LogP contribution in [0, 0.1) is 0 Å². The fourth-order valence-corrected chi connectivity index (χ4v) is 3.51. The van der Waals surface area contributed by atoms with Crippen LogP contribution in [0.1, 0.15) is 23.5 Å². The molecule has 1 saturated heterocycles. The Morgan fingerprint density at radius 3 is 3.17 bits per heavy atom. The second kappa shape index (κ2) is 6.76. The number of thiazole rings is 1. The molecule has 4 heterocycles. The standard InChI is InChI=1S/C16H18N6OS/c1-22-7-6-17-9-13(22)15-20-14(23-21-15)8-11-10-24-16(19-11)12-4-2-3-5-18-12/h2-5,10,13,17H,6-9H2,1H3. The van der Waals surface area contributed by atoms with E-state index in [0.29, 0.717) is 12.3 Å². The maximum absolute atomic E-state index is 5.42. The fourth-order valence-electron chi connectivity index (χ4n) is 2.72. The van der Waals surface area contributed by atoms with Gasteiger partial charge in [0.1, 0.15) is 5.01 Å². The van der Waals surface area contributed by atoms with Crippen molar-refractivity contribution >= 4 is 11.3 Å². The highest BCUT2D eigenvalue weighted by molar-refractivity contribution is 7.13. The van der Waals surface area contributed by atoms with Gasteiger partial charge in [-0.15, -0.1) is 11.3 Å². The van der Waals surface area contributed by atoms with Crippen molar-refractivity contribution in [2.24, 2.45) is 0 Å². The average molecular weight is 342 g/mol. The summed E-state index contributed by atoms with van der Waals surface area (Å²) in [7, 11) is 2.08. The Morgan fingerprint density at radius 2 is 2.33 bits per heavy atom. The van der Waals surface area contributed by atoms with Crippen LogP contribution < -0.4 is 5.32 Å². The van der Waals surface area contributed by atoms with Crippen molar-refractivity contribution in [3.8, 4) is 10.7 Å². The van der Waals surface area contributed by atoms with Gasteiger partial charge in [0.2, 0.25) is 5.89 Å². The molecule has 24 heavy (non-hydrogen) atoms. The first-order valence-corrected chi connectivity index (χ1v) is 8.77. The molecule has 1 fully saturated rings. The van der Waals surface area contributed by atoms with Crippen LogP contribution in [0.15, 0.2) is 34.3 Å². The van der Waals surface area contributed by atoms with E-state index in [0.717, 1.165) is 41.9 Å². The van der Waals surface area contributed by atoms with E-state index in [2.05, 4.69) is 37.4 Å². The van der Waals surface area contributed by atoms with Crippen molar-refractivity contribution in [2.45, 2.75) is 12.5 Å². The highest BCUT2D eigenvalue weighted by atomic mass is 32.1. The van der Waals surface area contributed by atoms with Crippen molar-refractivity contribution in [1.82, 2.24) is 30.3 Å². The molecule has 1 N–H and O–H groups in total. The molecule has 7 nitrogen and oxygen atoms in total. The molecule has 3 aromatic rings. The second-order valence-corrected chi connectivity index (χ2v) is 6.64. The predicted molar refractivity (Wildman–Crippen MR) is 90.7 cm³/mol. The molecule has 0 radical (unpaired) electrons. The zero-order valence-corrected chi connectivity index (χ0v) is 14.2. The van der Waals surface area contributed by atoms with E-state index in [-0.39, 0.29) is 6.04 Å². The van der Waals surface area contributed by atoms with Crippen molar-refractivity contribution in [3.63, 3.8) is 0 Å². The van der Waals surface area contributed by atoms with Crippen LogP contribution in [0.3, 0.4) is 0 Å². The maximum atomic E-state index is 5.42. The Labute approximate surface area is 143 Å². The molecular weight excluding hydrogens is 324 g/mol. The third-order valence-electron chi connectivity index (χ3n) is 4.06. The summed E-state index contributed by atoms with van der Waals surface area (Å²) in [6.45, 7) is 2.82. The van der Waals surface area contributed by atoms with Crippen molar-refractivity contribution in [2.75, 3.05) is 26.7 Å². The Morgan fingerprint density at radius 1 is 1.38 bits per heavy atom. The van der Waals surface area contributed by atoms with E-state index < -0.39 is 0 Å². The average Bonchev–Trinajstić information content (AvgIpc) is 3.26. The first-order valence-electron chi connectivity index (χ1n) is 7.89. The monoisotopic (exact) mass is 342 g/mol. The zero-order valence-electron chi connectivity index (χ0n) is 13.3. The molecular formula is C16H18N6OS. The number of piperazine rings is 1. The van der Waals surface area contributed by atoms with Gasteiger partial charge in [-0.2, -0.15) is 4.98 Å². The molecule has 1 aliphatic rings. The van der Waals surface area contributed by atoms with Gasteiger partial charge in [-0.3, -0.25) is 9.88 Å². The van der Waals surface area contributed by atoms with Gasteiger partial charge in [0.15, 0.2) is 5.82 Å². The van der Waals surface area contributed by atoms with Crippen molar-refractivity contribution in [3.05, 3.63) is 47.2 Å². The summed E-state index contributed by atoms with van der Waals surface area (Å²) in [5.74, 6) is 1.33. The smallest absolute Gasteiger partial charge is 0.232 e. The molecule has 4 rings (SSSR count). The second-order valence-electron chi connectivity index (χ2n) is 5.78. The SMILES string of the molecule is CN1CCNCC1c1noc(Cc2csc(-c3ccccn3)n2)n1. The summed E-state index contributed by atoms with van der Waals surface area (Å²) in [5, 5.41) is 10.4. The number of nitrogens with zero attached hydrogens (tertiary/aromatic N) is 5. The van der Waals surface area contributed by atoms with Gasteiger partial charge in [-0.1, -0.05) is 11.2 Å². The number of hydrogen-bond donors (Lipinski definition) is 1. The molecule has 0 spiro atoms. The van der Waals surface area contributed by atoms with E-state index in [9.17, 15) is 0 Å². The lowest BCUT2D eigenvalue weighted by Gasteiger charge is -2.30. The quantitative estimate of drug-likeness (QED) is 0.774. The molecule has 1 unspecified atom stereocenters. The number of hydrogen-bond acceptors (Lipinski definition) is 8. The van der Waals surface area contributed by atoms with Crippen LogP contribution in [0.4, 0.5) is 0 Å². The summed E-state index contributed by atoms with van der Waals surface area (Å²) in [4.78, 5) is 15.7. The third kappa shape index (κ3) is 3.21. The van der Waals surface area contributed by atoms with Gasteiger partial charge in [-0.05, 0) is 19.2 Å². The van der Waals surface area contributed by atoms with Gasteiger partial charge < -0.3 is 9.84 Å². The molecule has 0 bridgehead atoms. The lowest BCUT2D eigenvalue weighted by molar-refractivity contribution is 0.190. The highest BCUT2D eigenvalue weighted by Crippen LogP contribution is 2.23. The Balaban J connectivity index is 1.47. The first kappa shape index (κ1) is 15.4. The number of nitrogens with one attached hydrogen (secondary N) is 1. The van der Waals surface area contributed by atoms with Crippen molar-refractivity contribution in [1.29, 1.82) is 0 Å². The molecule has 8 heteroatoms. The van der Waals surface area contributed by atoms with Gasteiger partial charge in [0.25, 0.3) is 0 Å². The van der Waals surface area contributed by atoms with Crippen LogP contribution >= 0.6 is 11.3 Å². The summed E-state index contributed by atoms with van der Waals surface area (Å²) in [6, 6.07) is 5.98. The summed E-state index contributed by atoms with van der Waals surface area (Å²) >= 11 is 1.58. The lowest BCUT2D eigenvalue weighted by Crippen LogP contribution is -2.44. The molecule has 0 aliphatic carbocycles. The molecule has 1 atom stereocenters. The summed E-state index contributed by atoms with van der Waals surface area (Å²) in [6.07, 6.45) is 2.32. The lowest BCUT2D eigenvalue weighted by atomic mass is 10.2. The summed E-state index contributed by atoms with van der Waals surface area (Å²) < 4.78 is 5.42. The van der Waals surface area contributed by atoms with E-state index in [4.69, 9.17) is 4.52 Å². The maximum Gasteiger partial charge on any atom is 0.232 e. The minimum Gasteiger partial charge on any atom is -0.339 e. The van der Waals surface area contributed by atoms with Crippen LogP contribution in [0.5, 0.6) is 0 Å². The topological polar surface area (TPSA) is 80.0 Å². The zero-order chi connectivity index (χ0) is 16.4. The van der Waals surface area contributed by atoms with Crippen LogP contribution in [0.2, 0.25) is 0 Å². The molecule has 3 aromatic heterocycles. The van der Waals surface area contributed by atoms with E-state index in [1.165, 1.54) is 0 Å². The molecule has 0 amide bonds. The van der Waals surface area contributed by atoms with Crippen LogP contribution in [-0.4, -0.2) is 51.7 Å². The molecule has 1 aliphatic heterocycles. The Bertz CT molecular complexity index is 802. The minimum atomic E-state index is 0.163. The number of rotatable bonds is 4. The van der Waals surface area contributed by atoms with Gasteiger partial charge in [0.05, 0.1) is 23.9 Å².